The van der Waals surface area contributed by atoms with E-state index in [4.69, 9.17) is 14.2 Å². The number of aromatic nitrogens is 2. The van der Waals surface area contributed by atoms with Crippen molar-refractivity contribution in [3.63, 3.8) is 0 Å². The summed E-state index contributed by atoms with van der Waals surface area (Å²) in [5.41, 5.74) is 2.42. The molecule has 0 saturated heterocycles. The molecule has 9 rings (SSSR count). The summed E-state index contributed by atoms with van der Waals surface area (Å²) in [5, 5.41) is 14.5. The van der Waals surface area contributed by atoms with Crippen LogP contribution < -0.4 is 35.5 Å². The molecule has 4 N–H and O–H groups in total. The molecule has 0 radical (unpaired) electrons. The van der Waals surface area contributed by atoms with Gasteiger partial charge in [-0.1, -0.05) is 103 Å². The number of nitrogens with one attached hydrogen (secondary N) is 4. The van der Waals surface area contributed by atoms with Crippen molar-refractivity contribution in [2.75, 3.05) is 34.5 Å². The molecule has 62 heavy (non-hydrogen) atoms. The van der Waals surface area contributed by atoms with Gasteiger partial charge in [0.25, 0.3) is 23.6 Å². The maximum Gasteiger partial charge on any atom is 0.263 e. The Hall–Kier alpha value is -8.58. The minimum atomic E-state index is -0.587. The lowest BCUT2D eigenvalue weighted by molar-refractivity contribution is -0.118. The fourth-order valence-electron chi connectivity index (χ4n) is 7.11. The van der Waals surface area contributed by atoms with Crippen molar-refractivity contribution in [3.05, 3.63) is 174 Å². The lowest BCUT2D eigenvalue weighted by atomic mass is 9.92. The highest BCUT2D eigenvalue weighted by atomic mass is 16.5. The van der Waals surface area contributed by atoms with Crippen LogP contribution in [0.2, 0.25) is 0 Å². The van der Waals surface area contributed by atoms with Gasteiger partial charge < -0.3 is 35.5 Å². The van der Waals surface area contributed by atoms with Crippen molar-refractivity contribution in [2.45, 2.75) is 6.61 Å². The molecule has 0 unspecified atom stereocenters. The van der Waals surface area contributed by atoms with E-state index in [0.29, 0.717) is 22.6 Å². The summed E-state index contributed by atoms with van der Waals surface area (Å²) < 4.78 is 18.6. The van der Waals surface area contributed by atoms with Gasteiger partial charge in [0, 0.05) is 22.3 Å². The van der Waals surface area contributed by atoms with E-state index in [1.165, 1.54) is 18.2 Å². The molecule has 4 amide bonds. The maximum absolute atomic E-state index is 13.8. The fourth-order valence-corrected chi connectivity index (χ4v) is 7.11. The molecule has 6 bridgehead atoms. The first kappa shape index (κ1) is 38.9. The van der Waals surface area contributed by atoms with E-state index in [1.807, 2.05) is 91.0 Å². The van der Waals surface area contributed by atoms with Crippen LogP contribution in [0.15, 0.2) is 158 Å². The zero-order chi connectivity index (χ0) is 42.4. The molecular weight excluding hydrogens is 785 g/mol. The molecule has 3 heterocycles. The van der Waals surface area contributed by atoms with Crippen LogP contribution in [0.4, 0.5) is 23.3 Å². The highest BCUT2D eigenvalue weighted by Gasteiger charge is 2.22. The van der Waals surface area contributed by atoms with Gasteiger partial charge in [-0.2, -0.15) is 0 Å². The highest BCUT2D eigenvalue weighted by Crippen LogP contribution is 2.45. The van der Waals surface area contributed by atoms with Gasteiger partial charge >= 0.3 is 0 Å². The third kappa shape index (κ3) is 8.72. The lowest BCUT2D eigenvalue weighted by Crippen LogP contribution is -2.22. The monoisotopic (exact) mass is 820 g/mol. The Balaban J connectivity index is 1.09. The van der Waals surface area contributed by atoms with Gasteiger partial charge in [-0.3, -0.25) is 19.2 Å². The Bertz CT molecular complexity index is 2850. The Morgan fingerprint density at radius 2 is 0.919 bits per heavy atom. The summed E-state index contributed by atoms with van der Waals surface area (Å²) in [4.78, 5) is 63.4. The number of carbonyl (C=O) groups excluding carboxylic acids is 4. The molecule has 8 aromatic rings. The zero-order valence-corrected chi connectivity index (χ0v) is 32.9. The summed E-state index contributed by atoms with van der Waals surface area (Å²) >= 11 is 0. The molecule has 6 aromatic carbocycles. The summed E-state index contributed by atoms with van der Waals surface area (Å²) in [5.74, 6) is -0.503. The van der Waals surface area contributed by atoms with Crippen molar-refractivity contribution in [2.24, 2.45) is 0 Å². The average Bonchev–Trinajstić information content (AvgIpc) is 3.29. The molecule has 304 valence electrons. The number of hydrogen-bond acceptors (Lipinski definition) is 9. The van der Waals surface area contributed by atoms with Crippen molar-refractivity contribution < 1.29 is 33.4 Å². The molecule has 1 aliphatic heterocycles. The number of benzene rings is 6. The normalized spacial score (nSPS) is 13.4. The molecule has 0 fully saturated rings. The molecule has 1 aliphatic rings. The quantitative estimate of drug-likeness (QED) is 0.136. The molecule has 0 atom stereocenters. The second-order valence-electron chi connectivity index (χ2n) is 14.2. The first-order chi connectivity index (χ1) is 30.3. The summed E-state index contributed by atoms with van der Waals surface area (Å²) in [6.45, 7) is -0.601. The predicted octanol–water partition coefficient (Wildman–Crippen LogP) is 8.88. The Labute approximate surface area is 354 Å². The number of anilines is 4. The molecular formula is C49H36N6O7. The van der Waals surface area contributed by atoms with Gasteiger partial charge in [-0.15, -0.1) is 0 Å². The van der Waals surface area contributed by atoms with Gasteiger partial charge in [0.2, 0.25) is 0 Å². The first-order valence-electron chi connectivity index (χ1n) is 19.6. The van der Waals surface area contributed by atoms with Gasteiger partial charge in [0.1, 0.15) is 47.1 Å². The standard InChI is InChI=1S/C49H36N6O7/c56-44-28-61-38-22-20-31-12-4-6-14-36(31)46(38)47-37-15-7-5-13-32(37)21-23-39(47)62-29-45(57)53-41-17-9-19-43(51-41)55-49(59)34-24-33(48(58)54-42-18-8-16-40(50-42)52-44)25-35(26-34)60-27-30-10-2-1-3-11-30/h1-26H,27-29H2,(H2,50,52,54,56,58)(H2,51,53,55,57,59). The number of hydrogen-bond donors (Lipinski definition) is 4. The number of ether oxygens (including phenoxy) is 3. The van der Waals surface area contributed by atoms with E-state index in [1.54, 1.807) is 48.5 Å². The molecule has 0 spiro atoms. The topological polar surface area (TPSA) is 170 Å². The second kappa shape index (κ2) is 17.3. The fraction of sp³-hybridized carbons (Fsp3) is 0.0612. The number of rotatable bonds is 3. The Morgan fingerprint density at radius 1 is 0.468 bits per heavy atom. The molecule has 13 nitrogen and oxygen atoms in total. The number of fused-ring (bicyclic) bond motifs is 13. The lowest BCUT2D eigenvalue weighted by Gasteiger charge is -2.19. The van der Waals surface area contributed by atoms with Gasteiger partial charge in [0.15, 0.2) is 13.2 Å². The minimum Gasteiger partial charge on any atom is -0.489 e. The van der Waals surface area contributed by atoms with Crippen molar-refractivity contribution in [3.8, 4) is 28.4 Å². The SMILES string of the molecule is O=C1COc2ccc3ccccc3c2-c2c(ccc3ccccc23)OCC(=O)Nc2cccc(n2)NC(=O)c2cc(OCc3ccccc3)cc(c2)C(=O)Nc2cccc(n2)N1. The van der Waals surface area contributed by atoms with Crippen LogP contribution in [0.5, 0.6) is 17.2 Å². The van der Waals surface area contributed by atoms with E-state index in [0.717, 1.165) is 27.1 Å². The smallest absolute Gasteiger partial charge is 0.263 e. The van der Waals surface area contributed by atoms with E-state index in [9.17, 15) is 19.2 Å². The second-order valence-corrected chi connectivity index (χ2v) is 14.2. The number of amides is 4. The maximum atomic E-state index is 13.8. The zero-order valence-electron chi connectivity index (χ0n) is 32.9. The minimum absolute atomic E-state index is 0.102. The summed E-state index contributed by atoms with van der Waals surface area (Å²) in [7, 11) is 0. The number of carbonyl (C=O) groups is 4. The number of nitrogens with zero attached hydrogens (tertiary/aromatic N) is 2. The molecule has 2 aromatic heterocycles. The summed E-state index contributed by atoms with van der Waals surface area (Å²) in [6, 6.07) is 46.5. The first-order valence-corrected chi connectivity index (χ1v) is 19.6. The van der Waals surface area contributed by atoms with E-state index in [2.05, 4.69) is 31.2 Å². The molecule has 13 heteroatoms. The third-order valence-electron chi connectivity index (χ3n) is 9.94. The Morgan fingerprint density at radius 3 is 1.42 bits per heavy atom. The van der Waals surface area contributed by atoms with Crippen LogP contribution >= 0.6 is 0 Å². The Kier molecular flexibility index (Phi) is 10.9. The van der Waals surface area contributed by atoms with Crippen molar-refractivity contribution in [1.29, 1.82) is 0 Å². The van der Waals surface area contributed by atoms with E-state index < -0.39 is 23.6 Å². The molecule has 0 saturated carbocycles. The van der Waals surface area contributed by atoms with Gasteiger partial charge in [0.05, 0.1) is 0 Å². The molecule has 0 aliphatic carbocycles. The third-order valence-corrected chi connectivity index (χ3v) is 9.94. The van der Waals surface area contributed by atoms with Crippen LogP contribution in [0.25, 0.3) is 32.7 Å². The van der Waals surface area contributed by atoms with Crippen molar-refractivity contribution >= 4 is 68.4 Å². The highest BCUT2D eigenvalue weighted by molar-refractivity contribution is 6.11. The predicted molar refractivity (Wildman–Crippen MR) is 237 cm³/mol. The number of pyridine rings is 2. The van der Waals surface area contributed by atoms with Gasteiger partial charge in [-0.25, -0.2) is 9.97 Å². The van der Waals surface area contributed by atoms with Crippen LogP contribution in [-0.4, -0.2) is 46.8 Å². The van der Waals surface area contributed by atoms with Crippen LogP contribution in [-0.2, 0) is 16.2 Å². The van der Waals surface area contributed by atoms with Crippen LogP contribution in [0.1, 0.15) is 26.3 Å². The van der Waals surface area contributed by atoms with Crippen LogP contribution in [0.3, 0.4) is 0 Å². The largest absolute Gasteiger partial charge is 0.489 e. The van der Waals surface area contributed by atoms with Crippen molar-refractivity contribution in [1.82, 2.24) is 9.97 Å². The summed E-state index contributed by atoms with van der Waals surface area (Å²) in [6.07, 6.45) is 0. The van der Waals surface area contributed by atoms with Gasteiger partial charge in [-0.05, 0) is 81.7 Å². The van der Waals surface area contributed by atoms with E-state index >= 15 is 0 Å². The van der Waals surface area contributed by atoms with Crippen LogP contribution in [0, 0.1) is 0 Å². The average molecular weight is 821 g/mol. The van der Waals surface area contributed by atoms with E-state index in [-0.39, 0.29) is 60.0 Å².